The number of sulfonamides is 1. The molecule has 0 aliphatic carbocycles. The van der Waals surface area contributed by atoms with Crippen LogP contribution in [0.4, 0.5) is 0 Å². The quantitative estimate of drug-likeness (QED) is 0.379. The minimum Gasteiger partial charge on any atom is -0.295 e. The number of hydrogen-bond donors (Lipinski definition) is 0. The smallest absolute Gasteiger partial charge is 0.275 e. The summed E-state index contributed by atoms with van der Waals surface area (Å²) in [5.41, 5.74) is 3.95. The van der Waals surface area contributed by atoms with Crippen molar-refractivity contribution in [3.63, 3.8) is 0 Å². The lowest BCUT2D eigenvalue weighted by atomic mass is 10.1. The van der Waals surface area contributed by atoms with Gasteiger partial charge in [-0.25, -0.2) is 13.4 Å². The zero-order valence-electron chi connectivity index (χ0n) is 20.2. The van der Waals surface area contributed by atoms with Crippen molar-refractivity contribution < 1.29 is 8.42 Å². The third kappa shape index (κ3) is 4.71. The maximum absolute atomic E-state index is 13.3. The van der Waals surface area contributed by atoms with Gasteiger partial charge in [-0.05, 0) is 49.6 Å². The van der Waals surface area contributed by atoms with E-state index in [0.717, 1.165) is 22.3 Å². The van der Waals surface area contributed by atoms with E-state index in [4.69, 9.17) is 11.6 Å². The van der Waals surface area contributed by atoms with E-state index in [1.807, 2.05) is 45.0 Å². The topological polar surface area (TPSA) is 87.9 Å². The second kappa shape index (κ2) is 9.68. The van der Waals surface area contributed by atoms with Crippen molar-refractivity contribution in [1.82, 2.24) is 23.8 Å². The van der Waals surface area contributed by atoms with E-state index in [0.29, 0.717) is 58.3 Å². The van der Waals surface area contributed by atoms with Gasteiger partial charge < -0.3 is 0 Å². The fourth-order valence-corrected chi connectivity index (χ4v) is 7.35. The molecule has 188 valence electrons. The zero-order chi connectivity index (χ0) is 25.6. The highest BCUT2D eigenvalue weighted by Crippen LogP contribution is 2.30. The fraction of sp³-hybridized carbons (Fsp3) is 0.320. The highest BCUT2D eigenvalue weighted by Gasteiger charge is 2.30. The first-order valence-corrected chi connectivity index (χ1v) is 14.2. The molecule has 2 aromatic heterocycles. The Labute approximate surface area is 218 Å². The Hall–Kier alpha value is -2.63. The summed E-state index contributed by atoms with van der Waals surface area (Å²) in [7, 11) is -3.57. The monoisotopic (exact) mass is 543 g/mol. The van der Waals surface area contributed by atoms with Crippen LogP contribution in [0, 0.1) is 20.8 Å². The Balaban J connectivity index is 1.31. The molecule has 11 heteroatoms. The summed E-state index contributed by atoms with van der Waals surface area (Å²) in [6.07, 6.45) is 0. The summed E-state index contributed by atoms with van der Waals surface area (Å²) in [5, 5.41) is 5.60. The second-order valence-electron chi connectivity index (χ2n) is 9.05. The van der Waals surface area contributed by atoms with Gasteiger partial charge in [-0.15, -0.1) is 0 Å². The summed E-state index contributed by atoms with van der Waals surface area (Å²) in [6.45, 7) is 8.08. The van der Waals surface area contributed by atoms with Crippen molar-refractivity contribution in [1.29, 1.82) is 0 Å². The van der Waals surface area contributed by atoms with Crippen LogP contribution in [-0.2, 0) is 16.6 Å². The number of aryl methyl sites for hydroxylation is 3. The Morgan fingerprint density at radius 1 is 0.972 bits per heavy atom. The highest BCUT2D eigenvalue weighted by atomic mass is 35.5. The Morgan fingerprint density at radius 2 is 1.67 bits per heavy atom. The van der Waals surface area contributed by atoms with Crippen molar-refractivity contribution in [3.8, 4) is 10.6 Å². The van der Waals surface area contributed by atoms with Gasteiger partial charge in [0.25, 0.3) is 5.56 Å². The molecule has 8 nitrogen and oxygen atoms in total. The van der Waals surface area contributed by atoms with Gasteiger partial charge in [-0.1, -0.05) is 47.2 Å². The SMILES string of the molecule is Cc1cc(C)c(S(=O)(=O)N2CCN(Cc3cc(=O)n4nc(-c5ccccc5Cl)sc4n3)CC2)cc1C. The van der Waals surface area contributed by atoms with Gasteiger partial charge in [-0.3, -0.25) is 9.69 Å². The molecular formula is C25H26ClN5O3S2. The molecule has 0 bridgehead atoms. The third-order valence-electron chi connectivity index (χ3n) is 6.53. The van der Waals surface area contributed by atoms with Crippen LogP contribution in [0.2, 0.25) is 5.02 Å². The van der Waals surface area contributed by atoms with Crippen molar-refractivity contribution in [3.05, 3.63) is 80.2 Å². The molecule has 4 aromatic rings. The van der Waals surface area contributed by atoms with Crippen molar-refractivity contribution in [2.75, 3.05) is 26.2 Å². The summed E-state index contributed by atoms with van der Waals surface area (Å²) < 4.78 is 29.5. The van der Waals surface area contributed by atoms with Crippen LogP contribution < -0.4 is 5.56 Å². The van der Waals surface area contributed by atoms with Gasteiger partial charge in [0.05, 0.1) is 15.6 Å². The maximum Gasteiger partial charge on any atom is 0.275 e. The summed E-state index contributed by atoms with van der Waals surface area (Å²) in [5.74, 6) is 0. The van der Waals surface area contributed by atoms with Gasteiger partial charge in [0.15, 0.2) is 0 Å². The molecule has 0 unspecified atom stereocenters. The zero-order valence-corrected chi connectivity index (χ0v) is 22.6. The molecule has 1 saturated heterocycles. The van der Waals surface area contributed by atoms with Crippen LogP contribution in [0.3, 0.4) is 0 Å². The number of aromatic nitrogens is 3. The fourth-order valence-electron chi connectivity index (χ4n) is 4.39. The molecule has 0 atom stereocenters. The van der Waals surface area contributed by atoms with Gasteiger partial charge in [0.2, 0.25) is 15.0 Å². The first kappa shape index (κ1) is 25.0. The molecule has 5 rings (SSSR count). The average molecular weight is 544 g/mol. The molecular weight excluding hydrogens is 518 g/mol. The van der Waals surface area contributed by atoms with E-state index in [1.54, 1.807) is 16.4 Å². The van der Waals surface area contributed by atoms with Crippen LogP contribution in [0.5, 0.6) is 0 Å². The molecule has 0 spiro atoms. The molecule has 1 aliphatic heterocycles. The van der Waals surface area contributed by atoms with Crippen LogP contribution in [-0.4, -0.2) is 58.4 Å². The molecule has 1 fully saturated rings. The lowest BCUT2D eigenvalue weighted by Crippen LogP contribution is -2.48. The number of halogens is 1. The van der Waals surface area contributed by atoms with E-state index >= 15 is 0 Å². The second-order valence-corrected chi connectivity index (χ2v) is 12.3. The summed E-state index contributed by atoms with van der Waals surface area (Å²) in [6, 6.07) is 12.5. The van der Waals surface area contributed by atoms with E-state index in [-0.39, 0.29) is 5.56 Å². The molecule has 2 aromatic carbocycles. The van der Waals surface area contributed by atoms with Crippen molar-refractivity contribution >= 4 is 37.9 Å². The maximum atomic E-state index is 13.3. The van der Waals surface area contributed by atoms with Gasteiger partial charge in [-0.2, -0.15) is 13.9 Å². The third-order valence-corrected chi connectivity index (χ3v) is 9.84. The van der Waals surface area contributed by atoms with Crippen LogP contribution in [0.25, 0.3) is 15.5 Å². The molecule has 0 amide bonds. The summed E-state index contributed by atoms with van der Waals surface area (Å²) in [4.78, 5) is 20.4. The number of rotatable bonds is 5. The van der Waals surface area contributed by atoms with E-state index in [1.165, 1.54) is 21.9 Å². The van der Waals surface area contributed by atoms with Crippen LogP contribution in [0.15, 0.2) is 52.2 Å². The molecule has 0 saturated carbocycles. The Bertz CT molecular complexity index is 1620. The van der Waals surface area contributed by atoms with Crippen molar-refractivity contribution in [2.45, 2.75) is 32.2 Å². The first-order valence-electron chi connectivity index (χ1n) is 11.6. The standard InChI is InChI=1S/C25H26ClN5O3S2/c1-16-12-18(3)22(13-17(16)2)36(33,34)30-10-8-29(9-11-30)15-19-14-23(32)31-25(27-19)35-24(28-31)20-6-4-5-7-21(20)26/h4-7,12-14H,8-11,15H2,1-3H3. The number of benzene rings is 2. The van der Waals surface area contributed by atoms with Crippen LogP contribution in [0.1, 0.15) is 22.4 Å². The molecule has 0 radical (unpaired) electrons. The number of fused-ring (bicyclic) bond motifs is 1. The predicted molar refractivity (Wildman–Crippen MR) is 142 cm³/mol. The van der Waals surface area contributed by atoms with Gasteiger partial charge >= 0.3 is 0 Å². The average Bonchev–Trinajstić information content (AvgIpc) is 3.26. The van der Waals surface area contributed by atoms with E-state index in [2.05, 4.69) is 15.0 Å². The molecule has 36 heavy (non-hydrogen) atoms. The Kier molecular flexibility index (Phi) is 6.73. The predicted octanol–water partition coefficient (Wildman–Crippen LogP) is 3.90. The van der Waals surface area contributed by atoms with E-state index in [9.17, 15) is 13.2 Å². The lowest BCUT2D eigenvalue weighted by Gasteiger charge is -2.34. The lowest BCUT2D eigenvalue weighted by molar-refractivity contribution is 0.180. The molecule has 0 N–H and O–H groups in total. The normalized spacial score (nSPS) is 15.6. The van der Waals surface area contributed by atoms with Crippen LogP contribution >= 0.6 is 22.9 Å². The molecule has 1 aliphatic rings. The van der Waals surface area contributed by atoms with E-state index < -0.39 is 10.0 Å². The van der Waals surface area contributed by atoms with Gasteiger partial charge in [0.1, 0.15) is 5.01 Å². The van der Waals surface area contributed by atoms with Crippen molar-refractivity contribution in [2.24, 2.45) is 0 Å². The number of hydrogen-bond acceptors (Lipinski definition) is 7. The number of nitrogens with zero attached hydrogens (tertiary/aromatic N) is 5. The first-order chi connectivity index (χ1) is 17.1. The molecule has 3 heterocycles. The van der Waals surface area contributed by atoms with Gasteiger partial charge in [0, 0.05) is 44.4 Å². The number of piperazine rings is 1. The summed E-state index contributed by atoms with van der Waals surface area (Å²) >= 11 is 7.61. The Morgan fingerprint density at radius 3 is 2.39 bits per heavy atom. The minimum atomic E-state index is -3.57. The highest BCUT2D eigenvalue weighted by molar-refractivity contribution is 7.89. The largest absolute Gasteiger partial charge is 0.295 e. The minimum absolute atomic E-state index is 0.254.